The lowest BCUT2D eigenvalue weighted by Crippen LogP contribution is -2.55. The number of ether oxygens (including phenoxy) is 2. The molecule has 1 N–H and O–H groups in total. The van der Waals surface area contributed by atoms with Crippen molar-refractivity contribution in [2.24, 2.45) is 0 Å². The van der Waals surface area contributed by atoms with Gasteiger partial charge in [-0.1, -0.05) is 24.3 Å². The van der Waals surface area contributed by atoms with E-state index in [0.717, 1.165) is 25.1 Å². The predicted molar refractivity (Wildman–Crippen MR) is 200 cm³/mol. The van der Waals surface area contributed by atoms with Crippen LogP contribution in [0.5, 0.6) is 5.75 Å². The van der Waals surface area contributed by atoms with Crippen LogP contribution in [0.1, 0.15) is 69.6 Å². The molecule has 0 spiro atoms. The first-order chi connectivity index (χ1) is 27.4. The fourth-order valence-electron chi connectivity index (χ4n) is 7.58. The summed E-state index contributed by atoms with van der Waals surface area (Å²) in [6.07, 6.45) is -2.96. The zero-order valence-corrected chi connectivity index (χ0v) is 31.3. The zero-order valence-electron chi connectivity index (χ0n) is 31.3. The van der Waals surface area contributed by atoms with Crippen molar-refractivity contribution in [3.05, 3.63) is 107 Å². The number of nitrogens with one attached hydrogen (secondary N) is 1. The standard InChI is InChI=1S/C41H41F4N7O5/c1-3-50-38-34(33(25-13-15-28(42)16-14-25)35(39(50)54)47-37(53)26-8-4-9-27(20-26)41(43,44)45)36(40(55)51-18-6-11-30(51)22-46)48-52(38)29-10-5-12-32(21-29)57-19-7-17-49(2)31-23-56-24-31/h4-5,8-10,12-16,20-21,30-31,33,35H,3,6-7,11,17-19,23-24H2,1-2H3,(H,47,53)/t30?,33-,35-/m0/s1. The molecule has 298 valence electrons. The van der Waals surface area contributed by atoms with Gasteiger partial charge in [-0.15, -0.1) is 0 Å². The summed E-state index contributed by atoms with van der Waals surface area (Å²) >= 11 is 0. The van der Waals surface area contributed by atoms with Crippen LogP contribution in [0.15, 0.2) is 72.8 Å². The summed E-state index contributed by atoms with van der Waals surface area (Å²) in [5, 5.41) is 17.4. The molecule has 57 heavy (non-hydrogen) atoms. The SMILES string of the molecule is CCN1C(=O)[C@@H](NC(=O)c2cccc(C(F)(F)F)c2)[C@@H](c2ccc(F)cc2)c2c(C(=O)N3CCCC3C#N)nn(-c3cccc(OCCCN(C)C4COC4)c3)c21. The van der Waals surface area contributed by atoms with Crippen LogP contribution in [0.3, 0.4) is 0 Å². The van der Waals surface area contributed by atoms with Gasteiger partial charge in [-0.25, -0.2) is 9.07 Å². The van der Waals surface area contributed by atoms with Gasteiger partial charge in [0.15, 0.2) is 5.69 Å². The van der Waals surface area contributed by atoms with Gasteiger partial charge in [0.2, 0.25) is 0 Å². The van der Waals surface area contributed by atoms with Gasteiger partial charge in [0.25, 0.3) is 17.7 Å². The molecule has 1 unspecified atom stereocenters. The summed E-state index contributed by atoms with van der Waals surface area (Å²) in [5.74, 6) is -3.21. The molecule has 4 aromatic rings. The molecular weight excluding hydrogens is 746 g/mol. The lowest BCUT2D eigenvalue weighted by Gasteiger charge is -2.38. The van der Waals surface area contributed by atoms with Crippen molar-refractivity contribution in [2.45, 2.75) is 56.4 Å². The highest BCUT2D eigenvalue weighted by Crippen LogP contribution is 2.45. The molecule has 0 bridgehead atoms. The minimum absolute atomic E-state index is 0.0392. The average Bonchev–Trinajstić information content (AvgIpc) is 3.82. The molecule has 4 heterocycles. The molecule has 16 heteroatoms. The highest BCUT2D eigenvalue weighted by molar-refractivity contribution is 6.07. The summed E-state index contributed by atoms with van der Waals surface area (Å²) in [7, 11) is 2.04. The number of fused-ring (bicyclic) bond motifs is 1. The van der Waals surface area contributed by atoms with Gasteiger partial charge in [-0.2, -0.15) is 23.5 Å². The number of amides is 3. The van der Waals surface area contributed by atoms with E-state index in [9.17, 15) is 37.2 Å². The maximum absolute atomic E-state index is 14.7. The maximum Gasteiger partial charge on any atom is 0.416 e. The number of nitriles is 1. The predicted octanol–water partition coefficient (Wildman–Crippen LogP) is 5.55. The van der Waals surface area contributed by atoms with Crippen molar-refractivity contribution in [3.63, 3.8) is 0 Å². The molecule has 1 aromatic heterocycles. The molecular formula is C41H41F4N7O5. The number of likely N-dealkylation sites (tertiary alicyclic amines) is 1. The van der Waals surface area contributed by atoms with Crippen molar-refractivity contribution < 1.29 is 41.4 Å². The van der Waals surface area contributed by atoms with Gasteiger partial charge < -0.3 is 19.7 Å². The Morgan fingerprint density at radius 3 is 2.53 bits per heavy atom. The topological polar surface area (TPSA) is 133 Å². The van der Waals surface area contributed by atoms with E-state index in [2.05, 4.69) is 16.3 Å². The summed E-state index contributed by atoms with van der Waals surface area (Å²) in [4.78, 5) is 48.1. The van der Waals surface area contributed by atoms with E-state index >= 15 is 0 Å². The molecule has 3 amide bonds. The lowest BCUT2D eigenvalue weighted by molar-refractivity contribution is -0.137. The van der Waals surface area contributed by atoms with Crippen molar-refractivity contribution in [3.8, 4) is 17.5 Å². The smallest absolute Gasteiger partial charge is 0.416 e. The second-order valence-corrected chi connectivity index (χ2v) is 14.3. The third-order valence-corrected chi connectivity index (χ3v) is 10.7. The van der Waals surface area contributed by atoms with E-state index in [1.165, 1.54) is 44.8 Å². The molecule has 3 aliphatic heterocycles. The minimum atomic E-state index is -4.73. The van der Waals surface area contributed by atoms with Crippen LogP contribution >= 0.6 is 0 Å². The number of carbonyl (C=O) groups is 3. The van der Waals surface area contributed by atoms with Gasteiger partial charge >= 0.3 is 6.18 Å². The molecule has 12 nitrogen and oxygen atoms in total. The molecule has 2 fully saturated rings. The summed E-state index contributed by atoms with van der Waals surface area (Å²) < 4.78 is 68.2. The Labute approximate surface area is 326 Å². The molecule has 3 aromatic carbocycles. The maximum atomic E-state index is 14.7. The Morgan fingerprint density at radius 1 is 1.09 bits per heavy atom. The van der Waals surface area contributed by atoms with Crippen molar-refractivity contribution in [1.29, 1.82) is 5.26 Å². The number of aromatic nitrogens is 2. The van der Waals surface area contributed by atoms with Crippen LogP contribution in [-0.4, -0.2) is 102 Å². The van der Waals surface area contributed by atoms with Crippen molar-refractivity contribution >= 4 is 23.5 Å². The number of hydrogen-bond donors (Lipinski definition) is 1. The fraction of sp³-hybridized carbons (Fsp3) is 0.390. The first-order valence-electron chi connectivity index (χ1n) is 18.8. The molecule has 0 saturated carbocycles. The van der Waals surface area contributed by atoms with Crippen LogP contribution in [-0.2, 0) is 15.7 Å². The molecule has 0 radical (unpaired) electrons. The molecule has 0 aliphatic carbocycles. The van der Waals surface area contributed by atoms with E-state index in [1.54, 1.807) is 31.2 Å². The normalized spacial score (nSPS) is 19.6. The largest absolute Gasteiger partial charge is 0.493 e. The second-order valence-electron chi connectivity index (χ2n) is 14.3. The number of likely N-dealkylation sites (N-methyl/N-ethyl adjacent to an activating group) is 2. The lowest BCUT2D eigenvalue weighted by atomic mass is 9.80. The Balaban J connectivity index is 1.33. The summed E-state index contributed by atoms with van der Waals surface area (Å²) in [6.45, 7) is 4.63. The number of nitrogens with zero attached hydrogens (tertiary/aromatic N) is 6. The monoisotopic (exact) mass is 787 g/mol. The molecule has 3 atom stereocenters. The van der Waals surface area contributed by atoms with Crippen LogP contribution in [0.2, 0.25) is 0 Å². The van der Waals surface area contributed by atoms with Crippen LogP contribution in [0.4, 0.5) is 23.4 Å². The zero-order chi connectivity index (χ0) is 40.4. The van der Waals surface area contributed by atoms with E-state index in [4.69, 9.17) is 14.6 Å². The first kappa shape index (κ1) is 39.4. The van der Waals surface area contributed by atoms with Crippen molar-refractivity contribution in [1.82, 2.24) is 24.9 Å². The first-order valence-corrected chi connectivity index (χ1v) is 18.8. The third-order valence-electron chi connectivity index (χ3n) is 10.7. The number of benzene rings is 3. The summed E-state index contributed by atoms with van der Waals surface area (Å²) in [5.41, 5.74) is -0.489. The van der Waals surface area contributed by atoms with E-state index in [1.807, 2.05) is 7.05 Å². The minimum Gasteiger partial charge on any atom is -0.493 e. The Kier molecular flexibility index (Phi) is 11.3. The van der Waals surface area contributed by atoms with Crippen LogP contribution in [0.25, 0.3) is 5.69 Å². The van der Waals surface area contributed by atoms with Gasteiger partial charge in [0, 0.05) is 42.7 Å². The van der Waals surface area contributed by atoms with E-state index < -0.39 is 53.3 Å². The summed E-state index contributed by atoms with van der Waals surface area (Å²) in [6, 6.07) is 16.4. The van der Waals surface area contributed by atoms with Gasteiger partial charge in [-0.3, -0.25) is 24.2 Å². The number of anilines is 1. The van der Waals surface area contributed by atoms with Gasteiger partial charge in [0.05, 0.1) is 43.2 Å². The van der Waals surface area contributed by atoms with E-state index in [0.29, 0.717) is 61.8 Å². The number of hydrogen-bond acceptors (Lipinski definition) is 8. The third kappa shape index (κ3) is 7.94. The molecule has 3 aliphatic rings. The highest BCUT2D eigenvalue weighted by atomic mass is 19.4. The average molecular weight is 788 g/mol. The quantitative estimate of drug-likeness (QED) is 0.146. The van der Waals surface area contributed by atoms with Gasteiger partial charge in [-0.05, 0) is 81.3 Å². The van der Waals surface area contributed by atoms with Crippen molar-refractivity contribution in [2.75, 3.05) is 51.4 Å². The number of halogens is 4. The Bertz CT molecular complexity index is 2180. The Morgan fingerprint density at radius 2 is 1.84 bits per heavy atom. The second kappa shape index (κ2) is 16.4. The number of carbonyl (C=O) groups excluding carboxylic acids is 3. The highest BCUT2D eigenvalue weighted by Gasteiger charge is 2.48. The number of alkyl halides is 3. The Hall–Kier alpha value is -5.79. The fourth-order valence-corrected chi connectivity index (χ4v) is 7.58. The molecule has 7 rings (SSSR count). The van der Waals surface area contributed by atoms with Crippen LogP contribution < -0.4 is 15.0 Å². The van der Waals surface area contributed by atoms with E-state index in [-0.39, 0.29) is 35.7 Å². The van der Waals surface area contributed by atoms with Crippen LogP contribution in [0, 0.1) is 17.1 Å². The molecule has 2 saturated heterocycles. The number of rotatable bonds is 12. The van der Waals surface area contributed by atoms with Gasteiger partial charge in [0.1, 0.15) is 29.5 Å².